The normalized spacial score (nSPS) is 16.7. The average molecular weight is 382 g/mol. The van der Waals surface area contributed by atoms with Crippen LogP contribution in [0.4, 0.5) is 4.79 Å². The molecule has 1 heterocycles. The number of carbonyl (C=O) groups excluding carboxylic acids is 3. The Morgan fingerprint density at radius 1 is 1.27 bits per heavy atom. The Morgan fingerprint density at radius 3 is 2.77 bits per heavy atom. The fourth-order valence-corrected chi connectivity index (χ4v) is 3.09. The number of carbonyl (C=O) groups is 3. The van der Waals surface area contributed by atoms with E-state index < -0.39 is 5.97 Å². The first kappa shape index (κ1) is 20.0. The molecule has 0 aromatic heterocycles. The van der Waals surface area contributed by atoms with Crippen LogP contribution in [0.25, 0.3) is 0 Å². The van der Waals surface area contributed by atoms with Gasteiger partial charge in [0.05, 0.1) is 17.2 Å². The second-order valence-electron chi connectivity index (χ2n) is 6.11. The molecule has 1 aliphatic rings. The monoisotopic (exact) mass is 381 g/mol. The summed E-state index contributed by atoms with van der Waals surface area (Å²) in [6.45, 7) is 3.47. The number of amides is 3. The van der Waals surface area contributed by atoms with Gasteiger partial charge < -0.3 is 20.3 Å². The molecule has 3 amide bonds. The Labute approximate surface area is 158 Å². The van der Waals surface area contributed by atoms with Crippen LogP contribution in [0.1, 0.15) is 30.1 Å². The molecule has 0 radical (unpaired) electrons. The van der Waals surface area contributed by atoms with E-state index in [-0.39, 0.29) is 31.0 Å². The number of nitrogens with one attached hydrogen (secondary N) is 2. The third-order valence-electron chi connectivity index (χ3n) is 4.17. The molecule has 0 aliphatic carbocycles. The van der Waals surface area contributed by atoms with Gasteiger partial charge in [-0.15, -0.1) is 0 Å². The van der Waals surface area contributed by atoms with Crippen LogP contribution in [0.15, 0.2) is 24.3 Å². The van der Waals surface area contributed by atoms with Gasteiger partial charge in [-0.05, 0) is 37.8 Å². The largest absolute Gasteiger partial charge is 0.465 e. The van der Waals surface area contributed by atoms with Gasteiger partial charge in [-0.25, -0.2) is 4.79 Å². The first-order valence-corrected chi connectivity index (χ1v) is 9.10. The summed E-state index contributed by atoms with van der Waals surface area (Å²) in [5, 5.41) is 5.85. The first-order chi connectivity index (χ1) is 12.5. The minimum absolute atomic E-state index is 0.142. The number of ether oxygens (including phenoxy) is 1. The molecule has 26 heavy (non-hydrogen) atoms. The summed E-state index contributed by atoms with van der Waals surface area (Å²) in [5.74, 6) is -0.524. The van der Waals surface area contributed by atoms with E-state index in [0.717, 1.165) is 12.8 Å². The smallest absolute Gasteiger partial charge is 0.325 e. The number of nitrogens with zero attached hydrogens (tertiary/aromatic N) is 1. The maximum absolute atomic E-state index is 12.2. The van der Waals surface area contributed by atoms with E-state index >= 15 is 0 Å². The number of hydrogen-bond donors (Lipinski definition) is 2. The highest BCUT2D eigenvalue weighted by Gasteiger charge is 2.24. The van der Waals surface area contributed by atoms with Gasteiger partial charge in [0.15, 0.2) is 0 Å². The Morgan fingerprint density at radius 2 is 2.04 bits per heavy atom. The molecule has 0 spiro atoms. The lowest BCUT2D eigenvalue weighted by Gasteiger charge is -2.32. The first-order valence-electron chi connectivity index (χ1n) is 8.72. The Balaban J connectivity index is 1.79. The van der Waals surface area contributed by atoms with Crippen molar-refractivity contribution in [1.29, 1.82) is 0 Å². The van der Waals surface area contributed by atoms with Gasteiger partial charge in [-0.2, -0.15) is 0 Å². The summed E-state index contributed by atoms with van der Waals surface area (Å²) in [5.41, 5.74) is 0.439. The zero-order valence-corrected chi connectivity index (χ0v) is 15.6. The molecular weight excluding hydrogens is 358 g/mol. The Bertz CT molecular complexity index is 653. The number of urea groups is 1. The van der Waals surface area contributed by atoms with Crippen LogP contribution >= 0.6 is 11.6 Å². The van der Waals surface area contributed by atoms with Crippen molar-refractivity contribution < 1.29 is 19.1 Å². The van der Waals surface area contributed by atoms with Gasteiger partial charge in [0.25, 0.3) is 5.91 Å². The summed E-state index contributed by atoms with van der Waals surface area (Å²) in [4.78, 5) is 37.4. The van der Waals surface area contributed by atoms with E-state index in [1.807, 2.05) is 0 Å². The molecule has 1 saturated heterocycles. The molecule has 2 N–H and O–H groups in total. The van der Waals surface area contributed by atoms with E-state index in [1.165, 1.54) is 0 Å². The molecule has 0 saturated carbocycles. The van der Waals surface area contributed by atoms with Crippen molar-refractivity contribution in [3.8, 4) is 0 Å². The van der Waals surface area contributed by atoms with Gasteiger partial charge in [0.2, 0.25) is 0 Å². The summed E-state index contributed by atoms with van der Waals surface area (Å²) >= 11 is 6.03. The fourth-order valence-electron chi connectivity index (χ4n) is 2.87. The summed E-state index contributed by atoms with van der Waals surface area (Å²) in [6, 6.07) is 6.59. The fraction of sp³-hybridized carbons (Fsp3) is 0.500. The van der Waals surface area contributed by atoms with Crippen molar-refractivity contribution in [2.24, 2.45) is 5.92 Å². The number of esters is 1. The second-order valence-corrected chi connectivity index (χ2v) is 6.52. The van der Waals surface area contributed by atoms with Crippen LogP contribution in [-0.2, 0) is 9.53 Å². The molecule has 1 aliphatic heterocycles. The standard InChI is InChI=1S/C18H24ClN3O4/c1-2-26-16(23)11-21-18(25)22-9-5-6-13(12-22)10-20-17(24)14-7-3-4-8-15(14)19/h3-4,7-8,13H,2,5-6,9-12H2,1H3,(H,20,24)(H,21,25). The third kappa shape index (κ3) is 5.91. The molecule has 1 atom stereocenters. The lowest BCUT2D eigenvalue weighted by atomic mass is 9.98. The molecule has 2 rings (SSSR count). The predicted molar refractivity (Wildman–Crippen MR) is 98.1 cm³/mol. The van der Waals surface area contributed by atoms with E-state index in [4.69, 9.17) is 16.3 Å². The van der Waals surface area contributed by atoms with Crippen molar-refractivity contribution >= 4 is 29.5 Å². The predicted octanol–water partition coefficient (Wildman–Crippen LogP) is 2.05. The molecule has 7 nitrogen and oxygen atoms in total. The van der Waals surface area contributed by atoms with Gasteiger partial charge >= 0.3 is 12.0 Å². The van der Waals surface area contributed by atoms with Crippen LogP contribution in [0.2, 0.25) is 5.02 Å². The minimum atomic E-state index is -0.457. The second kappa shape index (κ2) is 10.0. The van der Waals surface area contributed by atoms with E-state index in [0.29, 0.717) is 30.2 Å². The van der Waals surface area contributed by atoms with Gasteiger partial charge in [0.1, 0.15) is 6.54 Å². The molecule has 8 heteroatoms. The SMILES string of the molecule is CCOC(=O)CNC(=O)N1CCCC(CNC(=O)c2ccccc2Cl)C1. The zero-order valence-electron chi connectivity index (χ0n) is 14.8. The maximum Gasteiger partial charge on any atom is 0.325 e. The highest BCUT2D eigenvalue weighted by Crippen LogP contribution is 2.17. The highest BCUT2D eigenvalue weighted by molar-refractivity contribution is 6.33. The molecular formula is C18H24ClN3O4. The zero-order chi connectivity index (χ0) is 18.9. The summed E-state index contributed by atoms with van der Waals surface area (Å²) in [7, 11) is 0. The number of piperidine rings is 1. The molecule has 1 fully saturated rings. The van der Waals surface area contributed by atoms with Crippen molar-refractivity contribution in [1.82, 2.24) is 15.5 Å². The summed E-state index contributed by atoms with van der Waals surface area (Å²) < 4.78 is 4.79. The highest BCUT2D eigenvalue weighted by atomic mass is 35.5. The number of likely N-dealkylation sites (tertiary alicyclic amines) is 1. The number of rotatable bonds is 6. The van der Waals surface area contributed by atoms with E-state index in [2.05, 4.69) is 10.6 Å². The van der Waals surface area contributed by atoms with Crippen molar-refractivity contribution in [2.75, 3.05) is 32.8 Å². The molecule has 1 aromatic carbocycles. The van der Waals surface area contributed by atoms with Crippen LogP contribution in [0, 0.1) is 5.92 Å². The topological polar surface area (TPSA) is 87.7 Å². The minimum Gasteiger partial charge on any atom is -0.465 e. The van der Waals surface area contributed by atoms with Crippen molar-refractivity contribution in [3.63, 3.8) is 0 Å². The number of halogens is 1. The summed E-state index contributed by atoms with van der Waals surface area (Å²) in [6.07, 6.45) is 1.77. The molecule has 1 aromatic rings. The molecule has 142 valence electrons. The van der Waals surface area contributed by atoms with Gasteiger partial charge in [-0.1, -0.05) is 23.7 Å². The Hall–Kier alpha value is -2.28. The van der Waals surface area contributed by atoms with Crippen LogP contribution in [-0.4, -0.2) is 55.6 Å². The Kier molecular flexibility index (Phi) is 7.72. The molecule has 0 bridgehead atoms. The quantitative estimate of drug-likeness (QED) is 0.738. The lowest BCUT2D eigenvalue weighted by Crippen LogP contribution is -2.48. The van der Waals surface area contributed by atoms with Crippen molar-refractivity contribution in [3.05, 3.63) is 34.9 Å². The van der Waals surface area contributed by atoms with Gasteiger partial charge in [-0.3, -0.25) is 9.59 Å². The maximum atomic E-state index is 12.2. The lowest BCUT2D eigenvalue weighted by molar-refractivity contribution is -0.141. The average Bonchev–Trinajstić information content (AvgIpc) is 2.65. The third-order valence-corrected chi connectivity index (χ3v) is 4.49. The van der Waals surface area contributed by atoms with E-state index in [1.54, 1.807) is 36.1 Å². The number of hydrogen-bond acceptors (Lipinski definition) is 4. The number of benzene rings is 1. The van der Waals surface area contributed by atoms with Crippen LogP contribution < -0.4 is 10.6 Å². The molecule has 1 unspecified atom stereocenters. The van der Waals surface area contributed by atoms with Crippen LogP contribution in [0.3, 0.4) is 0 Å². The van der Waals surface area contributed by atoms with Gasteiger partial charge in [0, 0.05) is 19.6 Å². The van der Waals surface area contributed by atoms with E-state index in [9.17, 15) is 14.4 Å². The van der Waals surface area contributed by atoms with Crippen LogP contribution in [0.5, 0.6) is 0 Å². The van der Waals surface area contributed by atoms with Crippen molar-refractivity contribution in [2.45, 2.75) is 19.8 Å².